The SMILES string of the molecule is CC#N.CN1CCC(C)(F)C1.COC/C=C/C(=O)N1CCN(c2nc(OC)nc3c2CCN(c2cccc4cccc(C)c24)C3)CC1. The van der Waals surface area contributed by atoms with E-state index in [1.165, 1.54) is 34.5 Å². The number of halogens is 1. The van der Waals surface area contributed by atoms with E-state index >= 15 is 0 Å². The summed E-state index contributed by atoms with van der Waals surface area (Å²) in [5.74, 6) is 0.961. The van der Waals surface area contributed by atoms with Gasteiger partial charge in [0.2, 0.25) is 5.91 Å². The predicted molar refractivity (Wildman–Crippen MR) is 185 cm³/mol. The molecule has 1 atom stereocenters. The molecule has 0 spiro atoms. The van der Waals surface area contributed by atoms with Crippen molar-refractivity contribution >= 4 is 28.2 Å². The van der Waals surface area contributed by atoms with Crippen molar-refractivity contribution in [2.45, 2.75) is 45.8 Å². The second kappa shape index (κ2) is 16.5. The van der Waals surface area contributed by atoms with Gasteiger partial charge in [0.1, 0.15) is 11.5 Å². The van der Waals surface area contributed by atoms with Gasteiger partial charge < -0.3 is 29.1 Å². The van der Waals surface area contributed by atoms with Crippen LogP contribution in [0, 0.1) is 18.3 Å². The third kappa shape index (κ3) is 9.18. The highest BCUT2D eigenvalue weighted by Gasteiger charge is 2.31. The Bertz CT molecular complexity index is 1580. The molecule has 0 N–H and O–H groups in total. The molecular weight excluding hydrogens is 597 g/mol. The molecule has 47 heavy (non-hydrogen) atoms. The van der Waals surface area contributed by atoms with Crippen LogP contribution < -0.4 is 14.5 Å². The molecule has 3 aliphatic heterocycles. The molecule has 10 nitrogen and oxygen atoms in total. The third-order valence-electron chi connectivity index (χ3n) is 8.67. The number of nitrogens with zero attached hydrogens (tertiary/aromatic N) is 7. The number of nitriles is 1. The Balaban J connectivity index is 0.000000389. The zero-order chi connectivity index (χ0) is 34.0. The molecule has 1 unspecified atom stereocenters. The fraction of sp³-hybridized carbons (Fsp3) is 0.500. The van der Waals surface area contributed by atoms with E-state index in [1.54, 1.807) is 39.4 Å². The quantitative estimate of drug-likeness (QED) is 0.346. The van der Waals surface area contributed by atoms with Crippen LogP contribution in [0.3, 0.4) is 0 Å². The van der Waals surface area contributed by atoms with Gasteiger partial charge in [-0.1, -0.05) is 36.4 Å². The average Bonchev–Trinajstić information content (AvgIpc) is 3.40. The van der Waals surface area contributed by atoms with Gasteiger partial charge in [0.05, 0.1) is 32.0 Å². The van der Waals surface area contributed by atoms with Crippen molar-refractivity contribution in [3.8, 4) is 12.1 Å². The molecule has 252 valence electrons. The van der Waals surface area contributed by atoms with E-state index in [4.69, 9.17) is 24.7 Å². The minimum Gasteiger partial charge on any atom is -0.467 e. The number of piperazine rings is 1. The van der Waals surface area contributed by atoms with Gasteiger partial charge in [-0.25, -0.2) is 4.39 Å². The van der Waals surface area contributed by atoms with Crippen molar-refractivity contribution < 1.29 is 18.7 Å². The lowest BCUT2D eigenvalue weighted by atomic mass is 9.99. The van der Waals surface area contributed by atoms with Crippen LogP contribution in [0.5, 0.6) is 6.01 Å². The number of likely N-dealkylation sites (tertiary alicyclic amines) is 1. The van der Waals surface area contributed by atoms with Crippen LogP contribution in [0.15, 0.2) is 48.6 Å². The van der Waals surface area contributed by atoms with Gasteiger partial charge in [-0.15, -0.1) is 0 Å². The molecule has 11 heteroatoms. The number of carbonyl (C=O) groups is 1. The Kier molecular flexibility index (Phi) is 12.5. The van der Waals surface area contributed by atoms with E-state index in [1.807, 2.05) is 16.8 Å². The number of rotatable bonds is 6. The normalized spacial score (nSPS) is 19.4. The second-order valence-electron chi connectivity index (χ2n) is 12.4. The van der Waals surface area contributed by atoms with Gasteiger partial charge in [-0.2, -0.15) is 15.2 Å². The van der Waals surface area contributed by atoms with Crippen LogP contribution >= 0.6 is 0 Å². The number of fused-ring (bicyclic) bond motifs is 2. The summed E-state index contributed by atoms with van der Waals surface area (Å²) in [6, 6.07) is 15.1. The highest BCUT2D eigenvalue weighted by molar-refractivity contribution is 5.97. The minimum atomic E-state index is -0.908. The van der Waals surface area contributed by atoms with Gasteiger partial charge in [0.15, 0.2) is 0 Å². The Morgan fingerprint density at radius 1 is 1.06 bits per heavy atom. The van der Waals surface area contributed by atoms with E-state index in [-0.39, 0.29) is 5.91 Å². The number of benzene rings is 2. The van der Waals surface area contributed by atoms with E-state index < -0.39 is 5.67 Å². The lowest BCUT2D eigenvalue weighted by Gasteiger charge is -2.38. The first-order valence-corrected chi connectivity index (χ1v) is 16.2. The summed E-state index contributed by atoms with van der Waals surface area (Å²) < 4.78 is 23.3. The summed E-state index contributed by atoms with van der Waals surface area (Å²) in [4.78, 5) is 30.5. The number of aryl methyl sites for hydroxylation is 1. The Morgan fingerprint density at radius 3 is 2.36 bits per heavy atom. The molecule has 2 saturated heterocycles. The van der Waals surface area contributed by atoms with Gasteiger partial charge in [-0.05, 0) is 50.8 Å². The van der Waals surface area contributed by atoms with Crippen molar-refractivity contribution in [1.82, 2.24) is 19.8 Å². The molecule has 0 saturated carbocycles. The first-order chi connectivity index (χ1) is 22.6. The second-order valence-corrected chi connectivity index (χ2v) is 12.4. The summed E-state index contributed by atoms with van der Waals surface area (Å²) in [5, 5.41) is 9.87. The average molecular weight is 646 g/mol. The van der Waals surface area contributed by atoms with Crippen molar-refractivity contribution in [2.75, 3.05) is 83.5 Å². The number of alkyl halides is 1. The van der Waals surface area contributed by atoms with E-state index in [0.717, 1.165) is 44.1 Å². The van der Waals surface area contributed by atoms with Crippen LogP contribution in [-0.4, -0.2) is 105 Å². The zero-order valence-corrected chi connectivity index (χ0v) is 28.6. The van der Waals surface area contributed by atoms with Crippen molar-refractivity contribution in [2.24, 2.45) is 0 Å². The standard InChI is InChI=1S/C28H33N5O3.C6H12FN.C2H3N/c1-20-7-4-8-21-9-5-10-24(26(20)21)33-13-12-22-23(19-33)29-28(36-3)30-27(22)32-16-14-31(15-17-32)25(34)11-6-18-35-2;1-6(7)3-4-8(2)5-6;1-2-3/h4-11H,12-19H2,1-3H3;3-5H2,1-2H3;1H3/b11-6+;;. The Morgan fingerprint density at radius 2 is 1.77 bits per heavy atom. The van der Waals surface area contributed by atoms with Crippen molar-refractivity contribution in [3.05, 3.63) is 65.4 Å². The predicted octanol–water partition coefficient (Wildman–Crippen LogP) is 4.94. The summed E-state index contributed by atoms with van der Waals surface area (Å²) in [7, 11) is 5.18. The molecule has 6 rings (SSSR count). The zero-order valence-electron chi connectivity index (χ0n) is 28.6. The fourth-order valence-electron chi connectivity index (χ4n) is 6.35. The number of hydrogen-bond acceptors (Lipinski definition) is 9. The third-order valence-corrected chi connectivity index (χ3v) is 8.67. The molecule has 2 fully saturated rings. The van der Waals surface area contributed by atoms with Crippen molar-refractivity contribution in [3.63, 3.8) is 0 Å². The smallest absolute Gasteiger partial charge is 0.318 e. The number of hydrogen-bond donors (Lipinski definition) is 0. The molecule has 2 aromatic carbocycles. The molecule has 1 amide bonds. The monoisotopic (exact) mass is 645 g/mol. The number of aromatic nitrogens is 2. The Labute approximate surface area is 278 Å². The van der Waals surface area contributed by atoms with Crippen molar-refractivity contribution in [1.29, 1.82) is 5.26 Å². The highest BCUT2D eigenvalue weighted by atomic mass is 19.1. The van der Waals surface area contributed by atoms with Crippen LogP contribution in [0.2, 0.25) is 0 Å². The Hall–Kier alpha value is -4.27. The number of methoxy groups -OCH3 is 2. The maximum atomic E-state index is 12.8. The topological polar surface area (TPSA) is 98.1 Å². The number of carbonyl (C=O) groups excluding carboxylic acids is 1. The van der Waals surface area contributed by atoms with Crippen LogP contribution in [0.4, 0.5) is 15.9 Å². The number of ether oxygens (including phenoxy) is 2. The summed E-state index contributed by atoms with van der Waals surface area (Å²) in [6.07, 6.45) is 4.90. The molecule has 0 aliphatic carbocycles. The number of anilines is 2. The van der Waals surface area contributed by atoms with Crippen LogP contribution in [0.25, 0.3) is 10.8 Å². The maximum Gasteiger partial charge on any atom is 0.318 e. The molecular formula is C36H48FN7O3. The molecule has 4 heterocycles. The lowest BCUT2D eigenvalue weighted by Crippen LogP contribution is -2.49. The first-order valence-electron chi connectivity index (χ1n) is 16.2. The molecule has 3 aliphatic rings. The van der Waals surface area contributed by atoms with Gasteiger partial charge >= 0.3 is 6.01 Å². The van der Waals surface area contributed by atoms with E-state index in [9.17, 15) is 9.18 Å². The fourth-order valence-corrected chi connectivity index (χ4v) is 6.35. The highest BCUT2D eigenvalue weighted by Crippen LogP contribution is 2.35. The first kappa shape index (κ1) is 35.6. The molecule has 0 radical (unpaired) electrons. The maximum absolute atomic E-state index is 12.8. The number of amides is 1. The van der Waals surface area contributed by atoms with E-state index in [2.05, 4.69) is 53.1 Å². The van der Waals surface area contributed by atoms with Crippen LogP contribution in [-0.2, 0) is 22.5 Å². The summed E-state index contributed by atoms with van der Waals surface area (Å²) >= 11 is 0. The summed E-state index contributed by atoms with van der Waals surface area (Å²) in [6.45, 7) is 11.6. The minimum absolute atomic E-state index is 0.0232. The largest absolute Gasteiger partial charge is 0.467 e. The van der Waals surface area contributed by atoms with Gasteiger partial charge in [0.25, 0.3) is 0 Å². The van der Waals surface area contributed by atoms with Gasteiger partial charge in [-0.3, -0.25) is 4.79 Å². The van der Waals surface area contributed by atoms with Crippen LogP contribution in [0.1, 0.15) is 37.1 Å². The lowest BCUT2D eigenvalue weighted by molar-refractivity contribution is -0.126. The molecule has 0 bridgehead atoms. The summed E-state index contributed by atoms with van der Waals surface area (Å²) in [5.41, 5.74) is 3.80. The van der Waals surface area contributed by atoms with Gasteiger partial charge in [0, 0.05) is 82.6 Å². The van der Waals surface area contributed by atoms with E-state index in [0.29, 0.717) is 45.2 Å². The molecule has 3 aromatic rings. The molecule has 1 aromatic heterocycles.